The number of rotatable bonds is 5. The van der Waals surface area contributed by atoms with Gasteiger partial charge in [0.1, 0.15) is 11.0 Å². The van der Waals surface area contributed by atoms with E-state index in [0.29, 0.717) is 5.75 Å². The molecule has 5 heteroatoms. The number of carboxylic acid groups (broad SMARTS) is 1. The number of benzene rings is 1. The quantitative estimate of drug-likeness (QED) is 0.883. The number of aliphatic carboxylic acids is 1. The smallest absolute Gasteiger partial charge is 0.316 e. The average molecular weight is 345 g/mol. The van der Waals surface area contributed by atoms with Crippen LogP contribution in [0, 0.1) is 5.92 Å². The van der Waals surface area contributed by atoms with E-state index in [9.17, 15) is 9.90 Å². The third-order valence-corrected chi connectivity index (χ3v) is 5.13. The number of carboxylic acids is 1. The molecule has 0 bridgehead atoms. The lowest BCUT2D eigenvalue weighted by molar-refractivity contribution is -0.137. The minimum atomic E-state index is -0.743. The van der Waals surface area contributed by atoms with E-state index in [2.05, 4.69) is 22.0 Å². The highest BCUT2D eigenvalue weighted by Crippen LogP contribution is 2.36. The molecule has 0 amide bonds. The third kappa shape index (κ3) is 3.45. The van der Waals surface area contributed by atoms with Crippen molar-refractivity contribution in [1.82, 2.24) is 0 Å². The molecule has 3 nitrogen and oxygen atoms in total. The van der Waals surface area contributed by atoms with Gasteiger partial charge in [-0.15, -0.1) is 11.8 Å². The standard InChI is InChI=1S/C14H17BrO3S/c1-8(2)13(14(16)17)19-7-10-6-11(15)5-9-3-4-18-12(9)10/h5-6,8,13H,3-4,7H2,1-2H3,(H,16,17). The van der Waals surface area contributed by atoms with E-state index >= 15 is 0 Å². The van der Waals surface area contributed by atoms with Crippen LogP contribution in [0.2, 0.25) is 0 Å². The molecule has 1 N–H and O–H groups in total. The molecule has 0 fully saturated rings. The maximum Gasteiger partial charge on any atom is 0.316 e. The summed E-state index contributed by atoms with van der Waals surface area (Å²) < 4.78 is 6.69. The van der Waals surface area contributed by atoms with Crippen LogP contribution in [0.15, 0.2) is 16.6 Å². The summed E-state index contributed by atoms with van der Waals surface area (Å²) in [4.78, 5) is 11.2. The van der Waals surface area contributed by atoms with Crippen LogP contribution < -0.4 is 4.74 Å². The van der Waals surface area contributed by atoms with Crippen LogP contribution in [0.1, 0.15) is 25.0 Å². The number of ether oxygens (including phenoxy) is 1. The highest BCUT2D eigenvalue weighted by molar-refractivity contribution is 9.10. The minimum Gasteiger partial charge on any atom is -0.493 e. The minimum absolute atomic E-state index is 0.114. The number of thioether (sulfide) groups is 1. The van der Waals surface area contributed by atoms with Crippen molar-refractivity contribution in [2.45, 2.75) is 31.3 Å². The van der Waals surface area contributed by atoms with E-state index in [0.717, 1.165) is 28.8 Å². The number of fused-ring (bicyclic) bond motifs is 1. The topological polar surface area (TPSA) is 46.5 Å². The molecule has 0 aromatic heterocycles. The molecule has 0 saturated carbocycles. The second kappa shape index (κ2) is 6.18. The van der Waals surface area contributed by atoms with Crippen molar-refractivity contribution in [2.75, 3.05) is 6.61 Å². The molecule has 0 radical (unpaired) electrons. The van der Waals surface area contributed by atoms with E-state index in [-0.39, 0.29) is 11.2 Å². The van der Waals surface area contributed by atoms with E-state index in [1.165, 1.54) is 17.3 Å². The third-order valence-electron chi connectivity index (χ3n) is 3.09. The molecule has 2 rings (SSSR count). The Morgan fingerprint density at radius 3 is 2.89 bits per heavy atom. The van der Waals surface area contributed by atoms with Gasteiger partial charge < -0.3 is 9.84 Å². The van der Waals surface area contributed by atoms with Crippen LogP contribution in [0.5, 0.6) is 5.75 Å². The lowest BCUT2D eigenvalue weighted by Crippen LogP contribution is -2.22. The summed E-state index contributed by atoms with van der Waals surface area (Å²) >= 11 is 4.96. The highest BCUT2D eigenvalue weighted by atomic mass is 79.9. The summed E-state index contributed by atoms with van der Waals surface area (Å²) in [5.74, 6) is 0.983. The van der Waals surface area contributed by atoms with Gasteiger partial charge in [-0.2, -0.15) is 0 Å². The Hall–Kier alpha value is -0.680. The summed E-state index contributed by atoms with van der Waals surface area (Å²) in [6, 6.07) is 4.10. The molecule has 104 valence electrons. The molecule has 1 atom stereocenters. The summed E-state index contributed by atoms with van der Waals surface area (Å²) in [7, 11) is 0. The van der Waals surface area contributed by atoms with Gasteiger partial charge in [0.15, 0.2) is 0 Å². The number of hydrogen-bond acceptors (Lipinski definition) is 3. The fourth-order valence-electron chi connectivity index (χ4n) is 2.18. The highest BCUT2D eigenvalue weighted by Gasteiger charge is 2.24. The van der Waals surface area contributed by atoms with Gasteiger partial charge in [-0.3, -0.25) is 4.79 Å². The van der Waals surface area contributed by atoms with Gasteiger partial charge in [0, 0.05) is 22.2 Å². The largest absolute Gasteiger partial charge is 0.493 e. The SMILES string of the molecule is CC(C)C(SCc1cc(Br)cc2c1OCC2)C(=O)O. The van der Waals surface area contributed by atoms with Gasteiger partial charge in [-0.25, -0.2) is 0 Å². The van der Waals surface area contributed by atoms with Crippen LogP contribution in [0.3, 0.4) is 0 Å². The molecule has 1 aromatic carbocycles. The Morgan fingerprint density at radius 1 is 1.53 bits per heavy atom. The Morgan fingerprint density at radius 2 is 2.26 bits per heavy atom. The molecule has 0 saturated heterocycles. The van der Waals surface area contributed by atoms with E-state index in [1.807, 2.05) is 19.9 Å². The molecule has 0 aliphatic carbocycles. The van der Waals surface area contributed by atoms with Crippen LogP contribution in [-0.4, -0.2) is 22.9 Å². The molecule has 1 aromatic rings. The lowest BCUT2D eigenvalue weighted by Gasteiger charge is -2.16. The Kier molecular flexibility index (Phi) is 4.79. The molecule has 1 aliphatic heterocycles. The first-order valence-electron chi connectivity index (χ1n) is 6.27. The van der Waals surface area contributed by atoms with Gasteiger partial charge in [0.25, 0.3) is 0 Å². The maximum absolute atomic E-state index is 11.2. The Balaban J connectivity index is 2.14. The zero-order valence-corrected chi connectivity index (χ0v) is 13.4. The van der Waals surface area contributed by atoms with Crippen molar-refractivity contribution in [1.29, 1.82) is 0 Å². The van der Waals surface area contributed by atoms with E-state index in [4.69, 9.17) is 4.74 Å². The second-order valence-electron chi connectivity index (χ2n) is 4.97. The van der Waals surface area contributed by atoms with E-state index < -0.39 is 5.97 Å². The first-order chi connectivity index (χ1) is 8.99. The molecule has 1 unspecified atom stereocenters. The van der Waals surface area contributed by atoms with Gasteiger partial charge in [0.2, 0.25) is 0 Å². The zero-order valence-electron chi connectivity index (χ0n) is 11.0. The van der Waals surface area contributed by atoms with Crippen molar-refractivity contribution in [3.63, 3.8) is 0 Å². The molecular formula is C14H17BrO3S. The van der Waals surface area contributed by atoms with Gasteiger partial charge in [-0.05, 0) is 23.6 Å². The van der Waals surface area contributed by atoms with Crippen LogP contribution in [0.25, 0.3) is 0 Å². The van der Waals surface area contributed by atoms with Crippen molar-refractivity contribution in [2.24, 2.45) is 5.92 Å². The zero-order chi connectivity index (χ0) is 14.0. The van der Waals surface area contributed by atoms with E-state index in [1.54, 1.807) is 0 Å². The number of hydrogen-bond donors (Lipinski definition) is 1. The van der Waals surface area contributed by atoms with Crippen LogP contribution >= 0.6 is 27.7 Å². The van der Waals surface area contributed by atoms with Crippen molar-refractivity contribution in [3.8, 4) is 5.75 Å². The fourth-order valence-corrected chi connectivity index (χ4v) is 3.84. The Bertz CT molecular complexity index is 488. The molecule has 1 aliphatic rings. The predicted molar refractivity (Wildman–Crippen MR) is 80.9 cm³/mol. The van der Waals surface area contributed by atoms with Crippen LogP contribution in [0.4, 0.5) is 0 Å². The fraction of sp³-hybridized carbons (Fsp3) is 0.500. The number of carbonyl (C=O) groups is 1. The number of halogens is 1. The van der Waals surface area contributed by atoms with Gasteiger partial charge in [0.05, 0.1) is 6.61 Å². The van der Waals surface area contributed by atoms with Gasteiger partial charge in [-0.1, -0.05) is 29.8 Å². The van der Waals surface area contributed by atoms with Crippen molar-refractivity contribution >= 4 is 33.7 Å². The monoisotopic (exact) mass is 344 g/mol. The van der Waals surface area contributed by atoms with Crippen LogP contribution in [-0.2, 0) is 17.0 Å². The molecule has 19 heavy (non-hydrogen) atoms. The summed E-state index contributed by atoms with van der Waals surface area (Å²) in [5.41, 5.74) is 2.29. The maximum atomic E-state index is 11.2. The normalized spacial score (nSPS) is 15.2. The first kappa shape index (κ1) is 14.7. The first-order valence-corrected chi connectivity index (χ1v) is 8.11. The Labute approximate surface area is 125 Å². The van der Waals surface area contributed by atoms with Crippen molar-refractivity contribution < 1.29 is 14.6 Å². The average Bonchev–Trinajstić information content (AvgIpc) is 2.75. The molecular weight excluding hydrogens is 328 g/mol. The lowest BCUT2D eigenvalue weighted by atomic mass is 10.1. The summed E-state index contributed by atoms with van der Waals surface area (Å²) in [6.07, 6.45) is 0.930. The predicted octanol–water partition coefficient (Wildman–Crippen LogP) is 3.73. The molecule has 0 spiro atoms. The van der Waals surface area contributed by atoms with Gasteiger partial charge >= 0.3 is 5.97 Å². The second-order valence-corrected chi connectivity index (χ2v) is 7.01. The van der Waals surface area contributed by atoms with Crippen molar-refractivity contribution in [3.05, 3.63) is 27.7 Å². The summed E-state index contributed by atoms with van der Waals surface area (Å²) in [6.45, 7) is 4.59. The molecule has 1 heterocycles. The summed E-state index contributed by atoms with van der Waals surface area (Å²) in [5, 5.41) is 8.83.